The quantitative estimate of drug-likeness (QED) is 0.521. The Labute approximate surface area is 84.8 Å². The molecule has 0 aliphatic rings. The van der Waals surface area contributed by atoms with Gasteiger partial charge >= 0.3 is 0 Å². The maximum absolute atomic E-state index is 5.45. The van der Waals surface area contributed by atoms with Gasteiger partial charge in [-0.3, -0.25) is 0 Å². The SMILES string of the molecule is C=C[Si](C)(C)N(OC)S(C)(C)C=C. The first-order chi connectivity index (χ1) is 5.81. The fourth-order valence-corrected chi connectivity index (χ4v) is 7.61. The average molecular weight is 219 g/mol. The minimum absolute atomic E-state index is 1.01. The van der Waals surface area contributed by atoms with Gasteiger partial charge in [0.2, 0.25) is 0 Å². The molecule has 0 fully saturated rings. The highest BCUT2D eigenvalue weighted by Gasteiger charge is 2.33. The summed E-state index contributed by atoms with van der Waals surface area (Å²) >= 11 is 0. The number of rotatable bonds is 5. The summed E-state index contributed by atoms with van der Waals surface area (Å²) in [5.74, 6) is 0. The van der Waals surface area contributed by atoms with Gasteiger partial charge in [-0.25, -0.2) is 0 Å². The molecule has 0 aliphatic carbocycles. The third kappa shape index (κ3) is 2.98. The van der Waals surface area contributed by atoms with Crippen LogP contribution in [-0.2, 0) is 4.84 Å². The van der Waals surface area contributed by atoms with Crippen molar-refractivity contribution in [2.24, 2.45) is 0 Å². The van der Waals surface area contributed by atoms with Gasteiger partial charge in [0.15, 0.2) is 8.24 Å². The molecule has 2 nitrogen and oxygen atoms in total. The summed E-state index contributed by atoms with van der Waals surface area (Å²) in [4.78, 5) is 5.45. The van der Waals surface area contributed by atoms with Gasteiger partial charge in [-0.2, -0.15) is 14.3 Å². The zero-order valence-electron chi connectivity index (χ0n) is 9.33. The van der Waals surface area contributed by atoms with E-state index >= 15 is 0 Å². The van der Waals surface area contributed by atoms with E-state index in [0.717, 1.165) is 0 Å². The molecule has 0 aromatic rings. The number of nitrogens with zero attached hydrogens (tertiary/aromatic N) is 1. The molecule has 0 heterocycles. The van der Waals surface area contributed by atoms with Crippen molar-refractivity contribution in [1.82, 2.24) is 4.13 Å². The fourth-order valence-electron chi connectivity index (χ4n) is 1.18. The zero-order valence-corrected chi connectivity index (χ0v) is 11.1. The Morgan fingerprint density at radius 1 is 1.31 bits per heavy atom. The van der Waals surface area contributed by atoms with E-state index in [1.54, 1.807) is 7.11 Å². The van der Waals surface area contributed by atoms with E-state index in [-0.39, 0.29) is 0 Å². The predicted molar refractivity (Wildman–Crippen MR) is 66.2 cm³/mol. The first kappa shape index (κ1) is 13.0. The summed E-state index contributed by atoms with van der Waals surface area (Å²) in [6.07, 6.45) is 4.34. The second-order valence-corrected chi connectivity index (χ2v) is 11.6. The standard InChI is InChI=1S/C9H21NOSSi/c1-8-12(4,5)10(11-3)13(6,7)9-2/h8-9H,1-2H2,3-7H3. The molecular weight excluding hydrogens is 198 g/mol. The Kier molecular flexibility index (Phi) is 4.45. The van der Waals surface area contributed by atoms with Crippen LogP contribution in [-0.4, -0.2) is 32.0 Å². The molecule has 0 amide bonds. The monoisotopic (exact) mass is 219 g/mol. The first-order valence-corrected chi connectivity index (χ1v) is 9.65. The van der Waals surface area contributed by atoms with Gasteiger partial charge in [-0.15, -0.1) is 6.58 Å². The molecule has 0 saturated carbocycles. The van der Waals surface area contributed by atoms with Gasteiger partial charge in [0.25, 0.3) is 0 Å². The molecule has 0 aromatic heterocycles. The Hall–Kier alpha value is -0.0331. The topological polar surface area (TPSA) is 12.5 Å². The lowest BCUT2D eigenvalue weighted by Gasteiger charge is -2.45. The van der Waals surface area contributed by atoms with E-state index in [9.17, 15) is 0 Å². The summed E-state index contributed by atoms with van der Waals surface area (Å²) in [7, 11) is -0.918. The Morgan fingerprint density at radius 3 is 2.00 bits per heavy atom. The molecule has 0 N–H and O–H groups in total. The molecule has 78 valence electrons. The zero-order chi connectivity index (χ0) is 10.7. The van der Waals surface area contributed by atoms with Crippen molar-refractivity contribution in [3.8, 4) is 0 Å². The van der Waals surface area contributed by atoms with E-state index < -0.39 is 18.4 Å². The van der Waals surface area contributed by atoms with Gasteiger partial charge in [0.1, 0.15) is 0 Å². The van der Waals surface area contributed by atoms with Gasteiger partial charge < -0.3 is 4.84 Å². The lowest BCUT2D eigenvalue weighted by molar-refractivity contribution is 0.0270. The maximum atomic E-state index is 5.45. The molecule has 0 saturated heterocycles. The van der Waals surface area contributed by atoms with E-state index in [1.165, 1.54) is 0 Å². The molecule has 0 spiro atoms. The van der Waals surface area contributed by atoms with Crippen LogP contribution in [0.3, 0.4) is 0 Å². The summed E-state index contributed by atoms with van der Waals surface area (Å²) in [6.45, 7) is 12.1. The van der Waals surface area contributed by atoms with Crippen LogP contribution < -0.4 is 0 Å². The van der Waals surface area contributed by atoms with Crippen LogP contribution in [0.15, 0.2) is 24.3 Å². The summed E-state index contributed by atoms with van der Waals surface area (Å²) in [6, 6.07) is 0. The predicted octanol–water partition coefficient (Wildman–Crippen LogP) is 2.90. The van der Waals surface area contributed by atoms with Crippen LogP contribution in [0.25, 0.3) is 0 Å². The van der Waals surface area contributed by atoms with Gasteiger partial charge in [0, 0.05) is 0 Å². The molecule has 0 rings (SSSR count). The third-order valence-electron chi connectivity index (χ3n) is 1.97. The highest BCUT2D eigenvalue weighted by Crippen LogP contribution is 2.48. The minimum atomic E-state index is -1.62. The van der Waals surface area contributed by atoms with Crippen LogP contribution in [0.5, 0.6) is 0 Å². The minimum Gasteiger partial charge on any atom is -0.300 e. The van der Waals surface area contributed by atoms with Crippen molar-refractivity contribution in [1.29, 1.82) is 0 Å². The molecule has 13 heavy (non-hydrogen) atoms. The molecule has 0 unspecified atom stereocenters. The highest BCUT2D eigenvalue weighted by atomic mass is 32.3. The molecule has 0 bridgehead atoms. The molecule has 0 atom stereocenters. The van der Waals surface area contributed by atoms with Crippen LogP contribution in [0.1, 0.15) is 0 Å². The van der Waals surface area contributed by atoms with Gasteiger partial charge in [-0.05, 0) is 31.0 Å². The van der Waals surface area contributed by atoms with Crippen LogP contribution >= 0.6 is 10.2 Å². The maximum Gasteiger partial charge on any atom is 0.191 e. The van der Waals surface area contributed by atoms with Crippen LogP contribution in [0.2, 0.25) is 13.1 Å². The fraction of sp³-hybridized carbons (Fsp3) is 0.556. The molecule has 4 heteroatoms. The smallest absolute Gasteiger partial charge is 0.191 e. The number of hydrogen-bond acceptors (Lipinski definition) is 2. The van der Waals surface area contributed by atoms with Crippen molar-refractivity contribution < 1.29 is 4.84 Å². The van der Waals surface area contributed by atoms with Crippen molar-refractivity contribution in [3.05, 3.63) is 24.3 Å². The van der Waals surface area contributed by atoms with Crippen molar-refractivity contribution >= 4 is 18.4 Å². The lowest BCUT2D eigenvalue weighted by Crippen LogP contribution is -2.46. The Morgan fingerprint density at radius 2 is 1.77 bits per heavy atom. The van der Waals surface area contributed by atoms with Gasteiger partial charge in [-0.1, -0.05) is 12.3 Å². The van der Waals surface area contributed by atoms with Crippen molar-refractivity contribution in [3.63, 3.8) is 0 Å². The molecule has 0 radical (unpaired) electrons. The summed E-state index contributed by atoms with van der Waals surface area (Å²) in [5, 5.41) is 1.98. The van der Waals surface area contributed by atoms with Crippen molar-refractivity contribution in [2.75, 3.05) is 19.6 Å². The largest absolute Gasteiger partial charge is 0.300 e. The van der Waals surface area contributed by atoms with E-state index in [4.69, 9.17) is 4.84 Å². The summed E-state index contributed by atoms with van der Waals surface area (Å²) in [5.41, 5.74) is 2.02. The Balaban J connectivity index is 4.89. The average Bonchev–Trinajstić information content (AvgIpc) is 2.05. The summed E-state index contributed by atoms with van der Waals surface area (Å²) < 4.78 is 2.10. The Bertz CT molecular complexity index is 184. The molecular formula is C9H21NOSSi. The first-order valence-electron chi connectivity index (χ1n) is 4.15. The lowest BCUT2D eigenvalue weighted by atomic mass is 11.3. The van der Waals surface area contributed by atoms with E-state index in [0.29, 0.717) is 0 Å². The second kappa shape index (κ2) is 4.46. The highest BCUT2D eigenvalue weighted by molar-refractivity contribution is 8.33. The molecule has 0 aromatic carbocycles. The van der Waals surface area contributed by atoms with E-state index in [2.05, 4.69) is 42.9 Å². The normalized spacial score (nSPS) is 14.3. The van der Waals surface area contributed by atoms with Crippen LogP contribution in [0, 0.1) is 0 Å². The van der Waals surface area contributed by atoms with E-state index in [1.807, 2.05) is 11.1 Å². The van der Waals surface area contributed by atoms with Crippen LogP contribution in [0.4, 0.5) is 0 Å². The second-order valence-electron chi connectivity index (χ2n) is 3.81. The third-order valence-corrected chi connectivity index (χ3v) is 8.74. The molecule has 0 aliphatic heterocycles. The van der Waals surface area contributed by atoms with Crippen molar-refractivity contribution in [2.45, 2.75) is 13.1 Å². The number of hydrogen-bond donors (Lipinski definition) is 0. The van der Waals surface area contributed by atoms with Gasteiger partial charge in [0.05, 0.1) is 7.11 Å².